The Balaban J connectivity index is 2.26. The fourth-order valence-electron chi connectivity index (χ4n) is 1.91. The molecule has 1 aliphatic rings. The molecule has 1 atom stereocenters. The van der Waals surface area contributed by atoms with Gasteiger partial charge in [-0.3, -0.25) is 4.79 Å². The summed E-state index contributed by atoms with van der Waals surface area (Å²) in [6.07, 6.45) is 2.28. The average molecular weight is 253 g/mol. The number of carbonyl (C=O) groups excluding carboxylic acids is 2. The van der Waals surface area contributed by atoms with Gasteiger partial charge in [-0.05, 0) is 12.3 Å². The first-order valence-corrected chi connectivity index (χ1v) is 6.40. The van der Waals surface area contributed by atoms with Gasteiger partial charge in [-0.2, -0.15) is 0 Å². The van der Waals surface area contributed by atoms with Gasteiger partial charge in [0, 0.05) is 18.6 Å². The Labute approximate surface area is 104 Å². The normalized spacial score (nSPS) is 20.8. The van der Waals surface area contributed by atoms with Crippen molar-refractivity contribution in [3.8, 4) is 0 Å². The summed E-state index contributed by atoms with van der Waals surface area (Å²) in [6.45, 7) is 4.08. The number of anilines is 1. The topological polar surface area (TPSA) is 53.5 Å². The summed E-state index contributed by atoms with van der Waals surface area (Å²) in [4.78, 5) is 30.9. The molecule has 0 radical (unpaired) electrons. The highest BCUT2D eigenvalue weighted by Gasteiger charge is 2.44. The van der Waals surface area contributed by atoms with Crippen molar-refractivity contribution < 1.29 is 9.59 Å². The van der Waals surface area contributed by atoms with E-state index in [2.05, 4.69) is 4.98 Å². The molecule has 0 N–H and O–H groups in total. The Morgan fingerprint density at radius 2 is 2.18 bits per heavy atom. The van der Waals surface area contributed by atoms with E-state index < -0.39 is 0 Å². The van der Waals surface area contributed by atoms with Crippen molar-refractivity contribution in [1.29, 1.82) is 0 Å². The summed E-state index contributed by atoms with van der Waals surface area (Å²) < 4.78 is 0. The molecule has 1 aromatic heterocycles. The smallest absolute Gasteiger partial charge is 0.315 e. The Morgan fingerprint density at radius 3 is 2.71 bits per heavy atom. The molecular formula is C11H15N3O2S. The Bertz CT molecular complexity index is 430. The van der Waals surface area contributed by atoms with Crippen molar-refractivity contribution in [2.24, 2.45) is 5.92 Å². The third-order valence-electron chi connectivity index (χ3n) is 2.77. The zero-order valence-electron chi connectivity index (χ0n) is 10.1. The number of thiazole rings is 1. The number of hydrogen-bond acceptors (Lipinski definition) is 4. The van der Waals surface area contributed by atoms with E-state index in [9.17, 15) is 9.59 Å². The molecule has 3 amide bonds. The van der Waals surface area contributed by atoms with Crippen LogP contribution in [0.5, 0.6) is 0 Å². The molecule has 0 bridgehead atoms. The van der Waals surface area contributed by atoms with Crippen LogP contribution in [0.4, 0.5) is 9.93 Å². The van der Waals surface area contributed by atoms with Gasteiger partial charge in [0.05, 0.1) is 0 Å². The first-order valence-electron chi connectivity index (χ1n) is 5.52. The molecule has 1 fully saturated rings. The predicted molar refractivity (Wildman–Crippen MR) is 66.0 cm³/mol. The van der Waals surface area contributed by atoms with Gasteiger partial charge in [0.2, 0.25) is 5.13 Å². The van der Waals surface area contributed by atoms with Crippen LogP contribution in [0.3, 0.4) is 0 Å². The average Bonchev–Trinajstić information content (AvgIpc) is 2.83. The molecule has 1 saturated heterocycles. The minimum atomic E-state index is -0.355. The molecular weight excluding hydrogens is 238 g/mol. The zero-order chi connectivity index (χ0) is 12.6. The summed E-state index contributed by atoms with van der Waals surface area (Å²) >= 11 is 1.30. The molecule has 1 aliphatic heterocycles. The standard InChI is InChI=1S/C11H15N3O2S/c1-7(2)6-8-9(15)14(11(16)13(8)3)10-12-4-5-17-10/h4-5,7-8H,6H2,1-3H3/t8-/m1/s1. The number of imide groups is 1. The van der Waals surface area contributed by atoms with Crippen molar-refractivity contribution in [3.05, 3.63) is 11.6 Å². The minimum absolute atomic E-state index is 0.166. The van der Waals surface area contributed by atoms with Crippen molar-refractivity contribution in [2.75, 3.05) is 11.9 Å². The third kappa shape index (κ3) is 2.04. The molecule has 17 heavy (non-hydrogen) atoms. The number of nitrogens with zero attached hydrogens (tertiary/aromatic N) is 3. The number of aromatic nitrogens is 1. The van der Waals surface area contributed by atoms with Crippen LogP contribution in [0.1, 0.15) is 20.3 Å². The monoisotopic (exact) mass is 253 g/mol. The van der Waals surface area contributed by atoms with Crippen LogP contribution in [0.2, 0.25) is 0 Å². The summed E-state index contributed by atoms with van der Waals surface area (Å²) in [7, 11) is 1.67. The molecule has 0 unspecified atom stereocenters. The van der Waals surface area contributed by atoms with Crippen molar-refractivity contribution in [2.45, 2.75) is 26.3 Å². The van der Waals surface area contributed by atoms with Gasteiger partial charge in [-0.1, -0.05) is 13.8 Å². The van der Waals surface area contributed by atoms with E-state index in [0.717, 1.165) is 0 Å². The van der Waals surface area contributed by atoms with Crippen LogP contribution in [0, 0.1) is 5.92 Å². The number of carbonyl (C=O) groups is 2. The molecule has 1 aromatic rings. The van der Waals surface area contributed by atoms with E-state index in [1.54, 1.807) is 18.6 Å². The van der Waals surface area contributed by atoms with Gasteiger partial charge in [0.1, 0.15) is 6.04 Å². The van der Waals surface area contributed by atoms with Gasteiger partial charge in [0.15, 0.2) is 0 Å². The second-order valence-corrected chi connectivity index (χ2v) is 5.40. The molecule has 5 nitrogen and oxygen atoms in total. The van der Waals surface area contributed by atoms with Crippen molar-refractivity contribution in [3.63, 3.8) is 0 Å². The molecule has 0 aromatic carbocycles. The van der Waals surface area contributed by atoms with Gasteiger partial charge < -0.3 is 4.90 Å². The van der Waals surface area contributed by atoms with Crippen molar-refractivity contribution in [1.82, 2.24) is 9.88 Å². The van der Waals surface area contributed by atoms with Crippen LogP contribution in [0.25, 0.3) is 0 Å². The number of rotatable bonds is 3. The van der Waals surface area contributed by atoms with Crippen molar-refractivity contribution >= 4 is 28.4 Å². The lowest BCUT2D eigenvalue weighted by Gasteiger charge is -2.17. The number of amides is 3. The molecule has 0 aliphatic carbocycles. The van der Waals surface area contributed by atoms with Gasteiger partial charge >= 0.3 is 6.03 Å². The predicted octanol–water partition coefficient (Wildman–Crippen LogP) is 1.96. The maximum atomic E-state index is 12.2. The molecule has 6 heteroatoms. The SMILES string of the molecule is CC(C)C[C@@H]1C(=O)N(c2nccs2)C(=O)N1C. The molecule has 92 valence electrons. The minimum Gasteiger partial charge on any atom is -0.315 e. The number of hydrogen-bond donors (Lipinski definition) is 0. The van der Waals surface area contributed by atoms with E-state index in [1.807, 2.05) is 13.8 Å². The summed E-state index contributed by atoms with van der Waals surface area (Å²) in [5.41, 5.74) is 0. The highest BCUT2D eigenvalue weighted by Crippen LogP contribution is 2.28. The lowest BCUT2D eigenvalue weighted by atomic mass is 10.0. The highest BCUT2D eigenvalue weighted by atomic mass is 32.1. The van der Waals surface area contributed by atoms with Crippen LogP contribution >= 0.6 is 11.3 Å². The summed E-state index contributed by atoms with van der Waals surface area (Å²) in [5.74, 6) is 0.205. The van der Waals surface area contributed by atoms with Gasteiger partial charge in [0.25, 0.3) is 5.91 Å². The Kier molecular flexibility index (Phi) is 3.15. The fourth-order valence-corrected chi connectivity index (χ4v) is 2.55. The van der Waals surface area contributed by atoms with E-state index >= 15 is 0 Å². The van der Waals surface area contributed by atoms with Crippen LogP contribution in [-0.2, 0) is 4.79 Å². The fraction of sp³-hybridized carbons (Fsp3) is 0.545. The van der Waals surface area contributed by atoms with E-state index in [-0.39, 0.29) is 18.0 Å². The largest absolute Gasteiger partial charge is 0.333 e. The van der Waals surface area contributed by atoms with E-state index in [1.165, 1.54) is 21.1 Å². The summed E-state index contributed by atoms with van der Waals surface area (Å²) in [6, 6.07) is -0.637. The van der Waals surface area contributed by atoms with Crippen LogP contribution < -0.4 is 4.90 Å². The second-order valence-electron chi connectivity index (χ2n) is 4.53. The quantitative estimate of drug-likeness (QED) is 0.774. The lowest BCUT2D eigenvalue weighted by Crippen LogP contribution is -2.32. The molecule has 2 heterocycles. The Morgan fingerprint density at radius 1 is 1.47 bits per heavy atom. The number of likely N-dealkylation sites (N-methyl/N-ethyl adjacent to an activating group) is 1. The third-order valence-corrected chi connectivity index (χ3v) is 3.53. The maximum Gasteiger partial charge on any atom is 0.333 e. The molecule has 0 saturated carbocycles. The van der Waals surface area contributed by atoms with E-state index in [0.29, 0.717) is 17.5 Å². The van der Waals surface area contributed by atoms with E-state index in [4.69, 9.17) is 0 Å². The zero-order valence-corrected chi connectivity index (χ0v) is 10.9. The lowest BCUT2D eigenvalue weighted by molar-refractivity contribution is -0.119. The summed E-state index contributed by atoms with van der Waals surface area (Å²) in [5, 5.41) is 2.21. The first-order chi connectivity index (χ1) is 8.02. The van der Waals surface area contributed by atoms with Gasteiger partial charge in [-0.15, -0.1) is 11.3 Å². The Hall–Kier alpha value is -1.43. The van der Waals surface area contributed by atoms with Crippen LogP contribution in [0.15, 0.2) is 11.6 Å². The maximum absolute atomic E-state index is 12.2. The van der Waals surface area contributed by atoms with Gasteiger partial charge in [-0.25, -0.2) is 14.7 Å². The van der Waals surface area contributed by atoms with Crippen LogP contribution in [-0.4, -0.2) is 34.9 Å². The molecule has 2 rings (SSSR count). The highest BCUT2D eigenvalue weighted by molar-refractivity contribution is 7.14. The number of urea groups is 1. The molecule has 0 spiro atoms. The first kappa shape index (κ1) is 12.0. The second kappa shape index (κ2) is 4.44.